The third-order valence-electron chi connectivity index (χ3n) is 4.28. The van der Waals surface area contributed by atoms with Crippen molar-refractivity contribution in [3.05, 3.63) is 17.5 Å². The van der Waals surface area contributed by atoms with Crippen LogP contribution in [-0.2, 0) is 12.0 Å². The quantitative estimate of drug-likeness (QED) is 0.791. The first kappa shape index (κ1) is 17.8. The minimum atomic E-state index is -0.0293. The van der Waals surface area contributed by atoms with Gasteiger partial charge < -0.3 is 15.1 Å². The van der Waals surface area contributed by atoms with Crippen LogP contribution < -0.4 is 5.32 Å². The molecule has 1 aliphatic heterocycles. The molecule has 0 atom stereocenters. The van der Waals surface area contributed by atoms with Crippen LogP contribution in [0, 0.1) is 0 Å². The van der Waals surface area contributed by atoms with E-state index < -0.39 is 0 Å². The fourth-order valence-electron chi connectivity index (χ4n) is 2.79. The average molecular weight is 321 g/mol. The molecule has 0 aliphatic carbocycles. The van der Waals surface area contributed by atoms with E-state index in [-0.39, 0.29) is 11.4 Å². The molecule has 1 aromatic heterocycles. The second kappa shape index (κ2) is 7.81. The Labute approximate surface area is 139 Å². The summed E-state index contributed by atoms with van der Waals surface area (Å²) in [6.45, 7) is 11.2. The van der Waals surface area contributed by atoms with Crippen molar-refractivity contribution in [2.75, 3.05) is 33.2 Å². The van der Waals surface area contributed by atoms with Crippen molar-refractivity contribution in [3.63, 3.8) is 0 Å². The van der Waals surface area contributed by atoms with E-state index in [0.29, 0.717) is 6.54 Å². The molecule has 6 heteroatoms. The van der Waals surface area contributed by atoms with Crippen LogP contribution >= 0.6 is 0 Å². The molecule has 1 aliphatic rings. The number of amides is 2. The zero-order chi connectivity index (χ0) is 16.9. The molecule has 2 N–H and O–H groups in total. The average Bonchev–Trinajstić information content (AvgIpc) is 3.13. The van der Waals surface area contributed by atoms with Gasteiger partial charge in [-0.3, -0.25) is 5.10 Å². The number of aromatic nitrogens is 2. The molecule has 0 bridgehead atoms. The van der Waals surface area contributed by atoms with Gasteiger partial charge in [0, 0.05) is 19.0 Å². The first-order valence-corrected chi connectivity index (χ1v) is 8.62. The summed E-state index contributed by atoms with van der Waals surface area (Å²) < 4.78 is 0. The molecule has 0 spiro atoms. The van der Waals surface area contributed by atoms with Crippen molar-refractivity contribution >= 4 is 6.03 Å². The Morgan fingerprint density at radius 3 is 2.70 bits per heavy atom. The second-order valence-corrected chi connectivity index (χ2v) is 7.52. The van der Waals surface area contributed by atoms with E-state index in [9.17, 15) is 4.79 Å². The van der Waals surface area contributed by atoms with Gasteiger partial charge in [0.15, 0.2) is 0 Å². The van der Waals surface area contributed by atoms with E-state index in [2.05, 4.69) is 41.2 Å². The Bertz CT molecular complexity index is 499. The number of H-pyrrole nitrogens is 1. The van der Waals surface area contributed by atoms with Gasteiger partial charge in [0.2, 0.25) is 0 Å². The van der Waals surface area contributed by atoms with Crippen LogP contribution in [0.2, 0.25) is 0 Å². The maximum atomic E-state index is 12.1. The SMILES string of the molecule is CN(Cc1cc(C(C)(C)C)n[nH]1)C(=O)NCCCN1CCCC1. The van der Waals surface area contributed by atoms with Gasteiger partial charge in [-0.25, -0.2) is 4.79 Å². The summed E-state index contributed by atoms with van der Waals surface area (Å²) in [4.78, 5) is 16.3. The summed E-state index contributed by atoms with van der Waals surface area (Å²) in [6, 6.07) is 2.01. The standard InChI is InChI=1S/C17H31N5O/c1-17(2,3)15-12-14(19-20-15)13-21(4)16(23)18-8-7-11-22-9-5-6-10-22/h12H,5-11,13H2,1-4H3,(H,18,23)(H,19,20). The summed E-state index contributed by atoms with van der Waals surface area (Å²) >= 11 is 0. The van der Waals surface area contributed by atoms with E-state index in [0.717, 1.165) is 30.9 Å². The van der Waals surface area contributed by atoms with Crippen LogP contribution in [0.3, 0.4) is 0 Å². The Morgan fingerprint density at radius 1 is 1.39 bits per heavy atom. The molecule has 2 heterocycles. The molecule has 130 valence electrons. The van der Waals surface area contributed by atoms with Crippen molar-refractivity contribution in [2.45, 2.75) is 52.0 Å². The molecule has 1 fully saturated rings. The largest absolute Gasteiger partial charge is 0.338 e. The Morgan fingerprint density at radius 2 is 2.09 bits per heavy atom. The zero-order valence-electron chi connectivity index (χ0n) is 15.0. The summed E-state index contributed by atoms with van der Waals surface area (Å²) in [5.74, 6) is 0. The molecule has 23 heavy (non-hydrogen) atoms. The summed E-state index contributed by atoms with van der Waals surface area (Å²) in [5, 5.41) is 10.3. The highest BCUT2D eigenvalue weighted by molar-refractivity contribution is 5.73. The summed E-state index contributed by atoms with van der Waals surface area (Å²) in [6.07, 6.45) is 3.64. The van der Waals surface area contributed by atoms with Crippen LogP contribution in [0.5, 0.6) is 0 Å². The molecular weight excluding hydrogens is 290 g/mol. The van der Waals surface area contributed by atoms with Crippen LogP contribution in [0.25, 0.3) is 0 Å². The predicted octanol–water partition coefficient (Wildman–Crippen LogP) is 2.33. The third-order valence-corrected chi connectivity index (χ3v) is 4.28. The van der Waals surface area contributed by atoms with Crippen molar-refractivity contribution in [1.82, 2.24) is 25.3 Å². The lowest BCUT2D eigenvalue weighted by atomic mass is 9.92. The maximum Gasteiger partial charge on any atom is 0.317 e. The monoisotopic (exact) mass is 321 g/mol. The summed E-state index contributed by atoms with van der Waals surface area (Å²) in [5.41, 5.74) is 2.00. The number of likely N-dealkylation sites (tertiary alicyclic amines) is 1. The minimum Gasteiger partial charge on any atom is -0.338 e. The van der Waals surface area contributed by atoms with Crippen LogP contribution in [-0.4, -0.2) is 59.3 Å². The highest BCUT2D eigenvalue weighted by Gasteiger charge is 2.18. The molecule has 1 aromatic rings. The Hall–Kier alpha value is -1.56. The van der Waals surface area contributed by atoms with E-state index in [4.69, 9.17) is 0 Å². The molecule has 2 amide bonds. The number of carbonyl (C=O) groups is 1. The topological polar surface area (TPSA) is 64.3 Å². The highest BCUT2D eigenvalue weighted by atomic mass is 16.2. The number of hydrogen-bond acceptors (Lipinski definition) is 3. The van der Waals surface area contributed by atoms with Gasteiger partial charge in [-0.15, -0.1) is 0 Å². The van der Waals surface area contributed by atoms with Gasteiger partial charge in [-0.2, -0.15) is 5.10 Å². The van der Waals surface area contributed by atoms with Crippen molar-refractivity contribution in [2.24, 2.45) is 0 Å². The van der Waals surface area contributed by atoms with Gasteiger partial charge in [-0.05, 0) is 45.0 Å². The Balaban J connectivity index is 1.68. The fraction of sp³-hybridized carbons (Fsp3) is 0.765. The van der Waals surface area contributed by atoms with E-state index in [1.807, 2.05) is 13.1 Å². The molecule has 6 nitrogen and oxygen atoms in total. The van der Waals surface area contributed by atoms with Gasteiger partial charge in [-0.1, -0.05) is 20.8 Å². The number of hydrogen-bond donors (Lipinski definition) is 2. The lowest BCUT2D eigenvalue weighted by molar-refractivity contribution is 0.205. The second-order valence-electron chi connectivity index (χ2n) is 7.52. The number of rotatable bonds is 6. The number of nitrogens with zero attached hydrogens (tertiary/aromatic N) is 3. The first-order valence-electron chi connectivity index (χ1n) is 8.62. The van der Waals surface area contributed by atoms with Crippen molar-refractivity contribution in [3.8, 4) is 0 Å². The highest BCUT2D eigenvalue weighted by Crippen LogP contribution is 2.20. The Kier molecular flexibility index (Phi) is 6.04. The van der Waals surface area contributed by atoms with Gasteiger partial charge >= 0.3 is 6.03 Å². The third kappa shape index (κ3) is 5.53. The van der Waals surface area contributed by atoms with Gasteiger partial charge in [0.1, 0.15) is 0 Å². The number of nitrogens with one attached hydrogen (secondary N) is 2. The number of carbonyl (C=O) groups excluding carboxylic acids is 1. The molecule has 0 unspecified atom stereocenters. The normalized spacial score (nSPS) is 15.8. The van der Waals surface area contributed by atoms with Crippen LogP contribution in [0.4, 0.5) is 4.79 Å². The lowest BCUT2D eigenvalue weighted by Gasteiger charge is -2.18. The zero-order valence-corrected chi connectivity index (χ0v) is 15.0. The molecular formula is C17H31N5O. The molecule has 0 aromatic carbocycles. The van der Waals surface area contributed by atoms with E-state index in [1.54, 1.807) is 4.90 Å². The molecule has 1 saturated heterocycles. The van der Waals surface area contributed by atoms with Crippen LogP contribution in [0.15, 0.2) is 6.07 Å². The predicted molar refractivity (Wildman–Crippen MR) is 92.4 cm³/mol. The smallest absolute Gasteiger partial charge is 0.317 e. The van der Waals surface area contributed by atoms with E-state index >= 15 is 0 Å². The molecule has 0 radical (unpaired) electrons. The molecule has 2 rings (SSSR count). The minimum absolute atomic E-state index is 0.0190. The molecule has 0 saturated carbocycles. The van der Waals surface area contributed by atoms with Crippen LogP contribution in [0.1, 0.15) is 51.4 Å². The number of urea groups is 1. The van der Waals surface area contributed by atoms with Gasteiger partial charge in [0.05, 0.1) is 17.9 Å². The van der Waals surface area contributed by atoms with Crippen molar-refractivity contribution in [1.29, 1.82) is 0 Å². The first-order chi connectivity index (χ1) is 10.9. The fourth-order valence-corrected chi connectivity index (χ4v) is 2.79. The van der Waals surface area contributed by atoms with E-state index in [1.165, 1.54) is 25.9 Å². The maximum absolute atomic E-state index is 12.1. The van der Waals surface area contributed by atoms with Crippen molar-refractivity contribution < 1.29 is 4.79 Å². The summed E-state index contributed by atoms with van der Waals surface area (Å²) in [7, 11) is 1.81. The number of aromatic amines is 1. The van der Waals surface area contributed by atoms with Gasteiger partial charge in [0.25, 0.3) is 0 Å². The lowest BCUT2D eigenvalue weighted by Crippen LogP contribution is -2.38.